The van der Waals surface area contributed by atoms with Crippen LogP contribution in [0.2, 0.25) is 0 Å². The molecule has 2 aromatic heterocycles. The molecule has 0 aliphatic rings. The molecular weight excluding hydrogens is 737 g/mol. The van der Waals surface area contributed by atoms with Gasteiger partial charge in [-0.2, -0.15) is 0 Å². The highest BCUT2D eigenvalue weighted by molar-refractivity contribution is 7.28. The number of hydrogen-bond acceptors (Lipinski definition) is 2. The van der Waals surface area contributed by atoms with Crippen molar-refractivity contribution in [1.82, 2.24) is 0 Å². The Morgan fingerprint density at radius 1 is 0.241 bits per heavy atom. The molecule has 0 nitrogen and oxygen atoms in total. The molecule has 0 unspecified atom stereocenters. The zero-order valence-electron chi connectivity index (χ0n) is 31.3. The van der Waals surface area contributed by atoms with Crippen molar-refractivity contribution >= 4 is 117 Å². The Labute approximate surface area is 342 Å². The summed E-state index contributed by atoms with van der Waals surface area (Å²) in [7, 11) is 0. The predicted molar refractivity (Wildman–Crippen MR) is 256 cm³/mol. The number of hydrogen-bond donors (Lipinski definition) is 0. The maximum absolute atomic E-state index is 2.45. The van der Waals surface area contributed by atoms with Crippen molar-refractivity contribution < 1.29 is 0 Å². The van der Waals surface area contributed by atoms with Gasteiger partial charge in [0, 0.05) is 40.3 Å². The second-order valence-corrected chi connectivity index (χ2v) is 17.7. The highest BCUT2D eigenvalue weighted by Crippen LogP contribution is 2.48. The number of thiophene rings is 2. The van der Waals surface area contributed by atoms with E-state index in [2.05, 4.69) is 194 Å². The maximum Gasteiger partial charge on any atom is 0.0370 e. The number of fused-ring (bicyclic) bond motifs is 12. The van der Waals surface area contributed by atoms with E-state index in [1.54, 1.807) is 0 Å². The Morgan fingerprint density at radius 2 is 0.793 bits per heavy atom. The van der Waals surface area contributed by atoms with Gasteiger partial charge in [0.2, 0.25) is 0 Å². The first-order valence-electron chi connectivity index (χ1n) is 19.9. The van der Waals surface area contributed by atoms with E-state index < -0.39 is 0 Å². The molecule has 0 bridgehead atoms. The molecule has 2 heteroatoms. The fourth-order valence-corrected chi connectivity index (χ4v) is 12.2. The second-order valence-electron chi connectivity index (χ2n) is 15.5. The molecule has 0 aliphatic carbocycles. The van der Waals surface area contributed by atoms with Crippen molar-refractivity contribution in [3.05, 3.63) is 194 Å². The SMILES string of the molecule is c1ccc2c(-c3c4ccccc4c(-c4ccc5cc(-c6cc7sc8cc9sc%10ccccc%10c9cc8c7c7ccccc67)ccc5c4)c4ccccc34)cccc2c1. The molecule has 0 spiro atoms. The molecule has 13 rings (SSSR count). The highest BCUT2D eigenvalue weighted by Gasteiger charge is 2.19. The quantitative estimate of drug-likeness (QED) is 0.157. The summed E-state index contributed by atoms with van der Waals surface area (Å²) >= 11 is 3.82. The van der Waals surface area contributed by atoms with E-state index in [0.29, 0.717) is 0 Å². The fourth-order valence-electron chi connectivity index (χ4n) is 9.84. The average molecular weight is 769 g/mol. The number of rotatable bonds is 3. The molecule has 0 saturated heterocycles. The summed E-state index contributed by atoms with van der Waals surface area (Å²) in [5.74, 6) is 0. The van der Waals surface area contributed by atoms with Crippen LogP contribution < -0.4 is 0 Å². The summed E-state index contributed by atoms with van der Waals surface area (Å²) in [6, 6.07) is 72.6. The molecule has 0 saturated carbocycles. The van der Waals surface area contributed by atoms with Crippen LogP contribution in [-0.4, -0.2) is 0 Å². The minimum atomic E-state index is 1.24. The van der Waals surface area contributed by atoms with Crippen LogP contribution in [0.25, 0.3) is 128 Å². The van der Waals surface area contributed by atoms with Crippen LogP contribution in [0.15, 0.2) is 194 Å². The van der Waals surface area contributed by atoms with Gasteiger partial charge in [0.15, 0.2) is 0 Å². The van der Waals surface area contributed by atoms with Gasteiger partial charge in [-0.3, -0.25) is 0 Å². The van der Waals surface area contributed by atoms with E-state index in [0.717, 1.165) is 0 Å². The van der Waals surface area contributed by atoms with Gasteiger partial charge < -0.3 is 0 Å². The Balaban J connectivity index is 0.981. The van der Waals surface area contributed by atoms with Crippen molar-refractivity contribution in [2.45, 2.75) is 0 Å². The maximum atomic E-state index is 2.45. The normalized spacial score (nSPS) is 12.1. The monoisotopic (exact) mass is 768 g/mol. The van der Waals surface area contributed by atoms with Gasteiger partial charge in [-0.25, -0.2) is 0 Å². The first-order valence-corrected chi connectivity index (χ1v) is 21.5. The summed E-state index contributed by atoms with van der Waals surface area (Å²) in [4.78, 5) is 0. The topological polar surface area (TPSA) is 0 Å². The molecule has 0 radical (unpaired) electrons. The van der Waals surface area contributed by atoms with Crippen LogP contribution in [0.1, 0.15) is 0 Å². The van der Waals surface area contributed by atoms with Gasteiger partial charge in [0.05, 0.1) is 0 Å². The first kappa shape index (κ1) is 32.3. The van der Waals surface area contributed by atoms with Gasteiger partial charge >= 0.3 is 0 Å². The minimum Gasteiger partial charge on any atom is -0.135 e. The zero-order chi connectivity index (χ0) is 37.9. The van der Waals surface area contributed by atoms with E-state index in [1.807, 2.05) is 22.7 Å². The lowest BCUT2D eigenvalue weighted by molar-refractivity contribution is 1.68. The van der Waals surface area contributed by atoms with Crippen molar-refractivity contribution in [2.24, 2.45) is 0 Å². The smallest absolute Gasteiger partial charge is 0.0370 e. The predicted octanol–water partition coefficient (Wildman–Crippen LogP) is 17.2. The van der Waals surface area contributed by atoms with E-state index in [9.17, 15) is 0 Å². The molecule has 268 valence electrons. The summed E-state index contributed by atoms with van der Waals surface area (Å²) in [5, 5.41) is 18.2. The van der Waals surface area contributed by atoms with Gasteiger partial charge in [0.25, 0.3) is 0 Å². The molecule has 0 aliphatic heterocycles. The van der Waals surface area contributed by atoms with E-state index in [4.69, 9.17) is 0 Å². The Hall–Kier alpha value is -6.84. The van der Waals surface area contributed by atoms with Crippen LogP contribution in [-0.2, 0) is 0 Å². The van der Waals surface area contributed by atoms with Crippen LogP contribution in [0.3, 0.4) is 0 Å². The Kier molecular flexibility index (Phi) is 6.86. The fraction of sp³-hybridized carbons (Fsp3) is 0. The summed E-state index contributed by atoms with van der Waals surface area (Å²) in [6.45, 7) is 0. The minimum absolute atomic E-state index is 1.24. The third-order valence-electron chi connectivity index (χ3n) is 12.4. The van der Waals surface area contributed by atoms with E-state index in [1.165, 1.54) is 128 Å². The first-order chi connectivity index (χ1) is 28.7. The van der Waals surface area contributed by atoms with Crippen molar-refractivity contribution in [3.8, 4) is 33.4 Å². The van der Waals surface area contributed by atoms with Crippen molar-refractivity contribution in [3.63, 3.8) is 0 Å². The van der Waals surface area contributed by atoms with Gasteiger partial charge in [-0.15, -0.1) is 22.7 Å². The van der Waals surface area contributed by atoms with Gasteiger partial charge in [0.1, 0.15) is 0 Å². The van der Waals surface area contributed by atoms with Crippen LogP contribution in [0.4, 0.5) is 0 Å². The second kappa shape index (κ2) is 12.3. The summed E-state index contributed by atoms with van der Waals surface area (Å²) in [6.07, 6.45) is 0. The Morgan fingerprint density at radius 3 is 1.55 bits per heavy atom. The lowest BCUT2D eigenvalue weighted by atomic mass is 9.84. The average Bonchev–Trinajstić information content (AvgIpc) is 3.83. The highest BCUT2D eigenvalue weighted by atomic mass is 32.1. The lowest BCUT2D eigenvalue weighted by Crippen LogP contribution is -1.91. The molecule has 58 heavy (non-hydrogen) atoms. The molecule has 0 fully saturated rings. The summed E-state index contributed by atoms with van der Waals surface area (Å²) < 4.78 is 5.41. The molecule has 11 aromatic carbocycles. The van der Waals surface area contributed by atoms with Gasteiger partial charge in [-0.1, -0.05) is 158 Å². The van der Waals surface area contributed by atoms with Crippen molar-refractivity contribution in [1.29, 1.82) is 0 Å². The summed E-state index contributed by atoms with van der Waals surface area (Å²) in [5.41, 5.74) is 7.63. The standard InChI is InChI=1S/C56H32S2/c1-2-14-38-33(12-1)13-11-22-41(38)55-45-20-7-5-18-43(45)54(44-19-6-8-21-46(44)55)37-27-25-34-28-36(26-24-35(34)29-37)47-31-53-56(42-17-4-3-15-39(42)47)49-30-48-40-16-9-10-23-50(40)57-51(48)32-52(49)58-53/h1-32H. The van der Waals surface area contributed by atoms with Crippen LogP contribution in [0.5, 0.6) is 0 Å². The molecule has 0 N–H and O–H groups in total. The third kappa shape index (κ3) is 4.68. The van der Waals surface area contributed by atoms with Crippen LogP contribution >= 0.6 is 22.7 Å². The third-order valence-corrected chi connectivity index (χ3v) is 14.6. The van der Waals surface area contributed by atoms with Crippen molar-refractivity contribution in [2.75, 3.05) is 0 Å². The lowest BCUT2D eigenvalue weighted by Gasteiger charge is -2.19. The largest absolute Gasteiger partial charge is 0.135 e. The van der Waals surface area contributed by atoms with Crippen LogP contribution in [0, 0.1) is 0 Å². The number of benzene rings is 11. The van der Waals surface area contributed by atoms with E-state index >= 15 is 0 Å². The molecule has 0 amide bonds. The van der Waals surface area contributed by atoms with Gasteiger partial charge in [-0.05, 0) is 124 Å². The molecule has 2 heterocycles. The Bertz CT molecular complexity index is 3800. The zero-order valence-corrected chi connectivity index (χ0v) is 32.9. The molecule has 0 atom stereocenters. The van der Waals surface area contributed by atoms with E-state index in [-0.39, 0.29) is 0 Å². The molecular formula is C56H32S2. The molecule has 13 aromatic rings.